The number of aliphatic hydroxyl groups is 1. The zero-order valence-electron chi connectivity index (χ0n) is 15.9. The predicted octanol–water partition coefficient (Wildman–Crippen LogP) is 4.18. The molecule has 0 radical (unpaired) electrons. The van der Waals surface area contributed by atoms with Crippen LogP contribution in [0.2, 0.25) is 0 Å². The molecule has 0 aromatic heterocycles. The highest BCUT2D eigenvalue weighted by Crippen LogP contribution is 2.73. The molecule has 0 spiro atoms. The van der Waals surface area contributed by atoms with Crippen molar-refractivity contribution in [3.05, 3.63) is 0 Å². The lowest BCUT2D eigenvalue weighted by atomic mass is 9.45. The molecule has 1 N–H and O–H groups in total. The van der Waals surface area contributed by atoms with Crippen molar-refractivity contribution < 1.29 is 19.4 Å². The third-order valence-corrected chi connectivity index (χ3v) is 10.7. The molecular weight excluding hydrogens is 396 g/mol. The van der Waals surface area contributed by atoms with Crippen LogP contribution in [-0.4, -0.2) is 33.9 Å². The van der Waals surface area contributed by atoms with E-state index < -0.39 is 11.8 Å². The molecule has 0 amide bonds. The number of carbonyl (C=O) groups excluding carboxylic acids is 1. The summed E-state index contributed by atoms with van der Waals surface area (Å²) in [6, 6.07) is 0. The van der Waals surface area contributed by atoms with E-state index in [1.165, 1.54) is 39.0 Å². The third kappa shape index (κ3) is 2.17. The van der Waals surface area contributed by atoms with Gasteiger partial charge in [-0.3, -0.25) is 4.79 Å². The van der Waals surface area contributed by atoms with Crippen molar-refractivity contribution in [2.45, 2.75) is 87.9 Å². The number of fused-ring (bicyclic) bond motifs is 3. The maximum atomic E-state index is 11.5. The zero-order valence-corrected chi connectivity index (χ0v) is 17.5. The van der Waals surface area contributed by atoms with Gasteiger partial charge in [0.1, 0.15) is 0 Å². The third-order valence-electron chi connectivity index (χ3n) is 9.12. The van der Waals surface area contributed by atoms with Crippen LogP contribution in [0.4, 0.5) is 0 Å². The van der Waals surface area contributed by atoms with Crippen LogP contribution in [0, 0.1) is 28.6 Å². The van der Waals surface area contributed by atoms with Crippen LogP contribution in [0.1, 0.15) is 71.6 Å². The van der Waals surface area contributed by atoms with Crippen molar-refractivity contribution in [2.24, 2.45) is 28.6 Å². The van der Waals surface area contributed by atoms with Gasteiger partial charge in [-0.05, 0) is 61.7 Å². The lowest BCUT2D eigenvalue weighted by Gasteiger charge is -2.63. The molecule has 1 aliphatic heterocycles. The standard InChI is InChI=1S/C21H31BrO4/c1-13(23)26-20(24)9-8-19-12-25-17(21(19,22)11-20)10-14-15-4-3-6-18(15,2)7-5-16(14)19/h14-17,24H,3-12H2,1-2H3/t14-,15-,16-,17?,18-,19-,20?,21-/m0/s1. The van der Waals surface area contributed by atoms with Gasteiger partial charge in [0.15, 0.2) is 0 Å². The second-order valence-corrected chi connectivity index (χ2v) is 11.6. The van der Waals surface area contributed by atoms with Crippen LogP contribution in [0.25, 0.3) is 0 Å². The lowest BCUT2D eigenvalue weighted by molar-refractivity contribution is -0.239. The van der Waals surface area contributed by atoms with Gasteiger partial charge in [-0.1, -0.05) is 29.3 Å². The second-order valence-electron chi connectivity index (χ2n) is 10.2. The zero-order chi connectivity index (χ0) is 18.4. The Labute approximate surface area is 164 Å². The van der Waals surface area contributed by atoms with E-state index >= 15 is 0 Å². The molecule has 5 rings (SSSR count). The summed E-state index contributed by atoms with van der Waals surface area (Å²) in [6.07, 6.45) is 9.85. The predicted molar refractivity (Wildman–Crippen MR) is 101 cm³/mol. The maximum absolute atomic E-state index is 11.5. The highest BCUT2D eigenvalue weighted by molar-refractivity contribution is 9.10. The monoisotopic (exact) mass is 426 g/mol. The first-order valence-corrected chi connectivity index (χ1v) is 11.2. The molecule has 1 heterocycles. The Morgan fingerprint density at radius 1 is 1.19 bits per heavy atom. The number of hydrogen-bond donors (Lipinski definition) is 1. The summed E-state index contributed by atoms with van der Waals surface area (Å²) in [4.78, 5) is 11.5. The van der Waals surface area contributed by atoms with Crippen LogP contribution in [0.5, 0.6) is 0 Å². The normalized spacial score (nSPS) is 57.8. The average molecular weight is 427 g/mol. The first kappa shape index (κ1) is 17.9. The van der Waals surface area contributed by atoms with Crippen LogP contribution < -0.4 is 0 Å². The van der Waals surface area contributed by atoms with Gasteiger partial charge in [-0.25, -0.2) is 0 Å². The summed E-state index contributed by atoms with van der Waals surface area (Å²) in [5.41, 5.74) is 0.619. The van der Waals surface area contributed by atoms with Crippen LogP contribution in [0.15, 0.2) is 0 Å². The van der Waals surface area contributed by atoms with E-state index in [0.717, 1.165) is 31.3 Å². The Morgan fingerprint density at radius 2 is 2.00 bits per heavy atom. The van der Waals surface area contributed by atoms with Gasteiger partial charge in [0.2, 0.25) is 5.79 Å². The minimum atomic E-state index is -1.35. The number of esters is 1. The molecule has 5 heteroatoms. The van der Waals surface area contributed by atoms with Gasteiger partial charge in [0.05, 0.1) is 17.0 Å². The SMILES string of the molecule is CC(=O)OC1(O)CC[C@]23COC(C[C@H]4[C@@H]5CCC[C@@]5(C)CC[C@@H]42)[C@@]3(Br)C1. The number of hydrogen-bond acceptors (Lipinski definition) is 4. The summed E-state index contributed by atoms with van der Waals surface area (Å²) in [5, 5.41) is 11.0. The number of carbonyl (C=O) groups is 1. The van der Waals surface area contributed by atoms with E-state index in [-0.39, 0.29) is 15.8 Å². The van der Waals surface area contributed by atoms with Gasteiger partial charge in [-0.2, -0.15) is 0 Å². The molecule has 0 aromatic carbocycles. The Hall–Kier alpha value is -0.130. The summed E-state index contributed by atoms with van der Waals surface area (Å²) in [5.74, 6) is 0.510. The quantitative estimate of drug-likeness (QED) is 0.388. The van der Waals surface area contributed by atoms with Crippen LogP contribution in [0.3, 0.4) is 0 Å². The van der Waals surface area contributed by atoms with Gasteiger partial charge < -0.3 is 14.6 Å². The summed E-state index contributed by atoms with van der Waals surface area (Å²) in [7, 11) is 0. The van der Waals surface area contributed by atoms with Crippen molar-refractivity contribution in [2.75, 3.05) is 6.61 Å². The minimum absolute atomic E-state index is 0.0802. The number of rotatable bonds is 1. The fourth-order valence-electron chi connectivity index (χ4n) is 8.05. The van der Waals surface area contributed by atoms with E-state index in [9.17, 15) is 9.90 Å². The summed E-state index contributed by atoms with van der Waals surface area (Å²) < 4.78 is 11.5. The maximum Gasteiger partial charge on any atom is 0.305 e. The van der Waals surface area contributed by atoms with Crippen molar-refractivity contribution in [1.29, 1.82) is 0 Å². The van der Waals surface area contributed by atoms with E-state index in [0.29, 0.717) is 24.2 Å². The fourth-order valence-corrected chi connectivity index (χ4v) is 9.42. The summed E-state index contributed by atoms with van der Waals surface area (Å²) >= 11 is 4.09. The molecule has 5 fully saturated rings. The molecule has 4 aliphatic carbocycles. The Kier molecular flexibility index (Phi) is 3.78. The number of ether oxygens (including phenoxy) is 2. The topological polar surface area (TPSA) is 55.8 Å². The first-order valence-electron chi connectivity index (χ1n) is 10.4. The fraction of sp³-hybridized carbons (Fsp3) is 0.952. The van der Waals surface area contributed by atoms with Crippen molar-refractivity contribution in [3.8, 4) is 0 Å². The van der Waals surface area contributed by atoms with Crippen molar-refractivity contribution in [1.82, 2.24) is 0 Å². The molecule has 8 atom stereocenters. The molecule has 1 saturated heterocycles. The minimum Gasteiger partial charge on any atom is -0.433 e. The second kappa shape index (κ2) is 5.48. The molecule has 4 saturated carbocycles. The van der Waals surface area contributed by atoms with Gasteiger partial charge in [-0.15, -0.1) is 0 Å². The first-order chi connectivity index (χ1) is 12.2. The molecule has 26 heavy (non-hydrogen) atoms. The summed E-state index contributed by atoms with van der Waals surface area (Å²) in [6.45, 7) is 4.70. The molecule has 2 bridgehead atoms. The Bertz CT molecular complexity index is 640. The lowest BCUT2D eigenvalue weighted by Crippen LogP contribution is -2.65. The van der Waals surface area contributed by atoms with Gasteiger partial charge in [0.25, 0.3) is 0 Å². The number of halogens is 1. The van der Waals surface area contributed by atoms with E-state index in [4.69, 9.17) is 9.47 Å². The van der Waals surface area contributed by atoms with Crippen LogP contribution in [-0.2, 0) is 14.3 Å². The van der Waals surface area contributed by atoms with E-state index in [1.807, 2.05) is 0 Å². The van der Waals surface area contributed by atoms with Gasteiger partial charge >= 0.3 is 5.97 Å². The average Bonchev–Trinajstić information content (AvgIpc) is 2.99. The molecular formula is C21H31BrO4. The highest BCUT2D eigenvalue weighted by Gasteiger charge is 2.73. The highest BCUT2D eigenvalue weighted by atomic mass is 79.9. The Morgan fingerprint density at radius 3 is 2.77 bits per heavy atom. The molecule has 0 aromatic rings. The van der Waals surface area contributed by atoms with Gasteiger partial charge in [0, 0.05) is 25.2 Å². The smallest absolute Gasteiger partial charge is 0.305 e. The van der Waals surface area contributed by atoms with E-state index in [2.05, 4.69) is 22.9 Å². The van der Waals surface area contributed by atoms with Crippen molar-refractivity contribution in [3.63, 3.8) is 0 Å². The largest absolute Gasteiger partial charge is 0.433 e. The molecule has 4 nitrogen and oxygen atoms in total. The molecule has 5 aliphatic rings. The van der Waals surface area contributed by atoms with E-state index in [1.54, 1.807) is 0 Å². The van der Waals surface area contributed by atoms with Crippen molar-refractivity contribution >= 4 is 21.9 Å². The molecule has 146 valence electrons. The van der Waals surface area contributed by atoms with Crippen LogP contribution >= 0.6 is 15.9 Å². The Balaban J connectivity index is 1.50. The number of alkyl halides is 1. The molecule has 2 unspecified atom stereocenters.